The zero-order valence-corrected chi connectivity index (χ0v) is 11.7. The van der Waals surface area contributed by atoms with Crippen LogP contribution in [0, 0.1) is 6.92 Å². The molecule has 1 aromatic carbocycles. The molecule has 3 aromatic rings. The number of nitrogens with zero attached hydrogens (tertiary/aromatic N) is 3. The number of imidazole rings is 1. The molecule has 0 unspecified atom stereocenters. The van der Waals surface area contributed by atoms with Crippen LogP contribution in [0.1, 0.15) is 16.8 Å². The summed E-state index contributed by atoms with van der Waals surface area (Å²) in [7, 11) is 0. The number of aromatic hydroxyl groups is 1. The van der Waals surface area contributed by atoms with Crippen molar-refractivity contribution >= 4 is 17.0 Å². The molecule has 4 rings (SSSR count). The van der Waals surface area contributed by atoms with Crippen LogP contribution in [0.2, 0.25) is 0 Å². The van der Waals surface area contributed by atoms with Crippen molar-refractivity contribution in [2.45, 2.75) is 19.8 Å². The summed E-state index contributed by atoms with van der Waals surface area (Å²) in [5, 5.41) is 9.53. The average Bonchev–Trinajstić information content (AvgIpc) is 3.02. The molecule has 0 bridgehead atoms. The molecule has 0 saturated carbocycles. The second-order valence-electron chi connectivity index (χ2n) is 5.53. The lowest BCUT2D eigenvalue weighted by atomic mass is 10.1. The molecule has 1 N–H and O–H groups in total. The number of aliphatic imine (C=N–C) groups is 1. The zero-order chi connectivity index (χ0) is 14.4. The van der Waals surface area contributed by atoms with E-state index in [1.807, 2.05) is 18.3 Å². The smallest absolute Gasteiger partial charge is 0.136 e. The first-order chi connectivity index (χ1) is 10.2. The van der Waals surface area contributed by atoms with Crippen molar-refractivity contribution < 1.29 is 5.11 Å². The number of pyridine rings is 1. The summed E-state index contributed by atoms with van der Waals surface area (Å²) < 4.78 is 2.12. The van der Waals surface area contributed by atoms with Crippen molar-refractivity contribution in [2.75, 3.05) is 0 Å². The summed E-state index contributed by atoms with van der Waals surface area (Å²) in [6.07, 6.45) is 5.64. The van der Waals surface area contributed by atoms with Gasteiger partial charge in [-0.3, -0.25) is 4.99 Å². The first-order valence-electron chi connectivity index (χ1n) is 7.00. The van der Waals surface area contributed by atoms with Crippen molar-refractivity contribution in [3.8, 4) is 5.75 Å². The molecule has 0 radical (unpaired) electrons. The van der Waals surface area contributed by atoms with Gasteiger partial charge in [-0.2, -0.15) is 0 Å². The van der Waals surface area contributed by atoms with Crippen LogP contribution >= 0.6 is 0 Å². The first kappa shape index (κ1) is 12.1. The highest BCUT2D eigenvalue weighted by Crippen LogP contribution is 2.31. The molecule has 1 aliphatic heterocycles. The van der Waals surface area contributed by atoms with Crippen LogP contribution in [-0.4, -0.2) is 20.2 Å². The fourth-order valence-electron chi connectivity index (χ4n) is 2.81. The van der Waals surface area contributed by atoms with Crippen molar-refractivity contribution in [3.63, 3.8) is 0 Å². The van der Waals surface area contributed by atoms with Crippen molar-refractivity contribution in [3.05, 3.63) is 59.5 Å². The minimum atomic E-state index is 0.268. The van der Waals surface area contributed by atoms with Gasteiger partial charge in [-0.15, -0.1) is 0 Å². The number of aryl methyl sites for hydroxylation is 1. The molecule has 0 atom stereocenters. The number of phenols is 1. The van der Waals surface area contributed by atoms with E-state index in [4.69, 9.17) is 0 Å². The molecule has 4 nitrogen and oxygen atoms in total. The maximum atomic E-state index is 9.53. The maximum absolute atomic E-state index is 9.53. The van der Waals surface area contributed by atoms with Gasteiger partial charge >= 0.3 is 0 Å². The van der Waals surface area contributed by atoms with E-state index in [1.54, 1.807) is 12.1 Å². The molecule has 2 aromatic heterocycles. The molecule has 1 aliphatic rings. The Morgan fingerprint density at radius 1 is 1.24 bits per heavy atom. The highest BCUT2D eigenvalue weighted by Gasteiger charge is 2.16. The molecule has 21 heavy (non-hydrogen) atoms. The van der Waals surface area contributed by atoms with E-state index in [0.29, 0.717) is 0 Å². The SMILES string of the molecule is Cc1ccc2ncc(CC3=Nc4cc(O)ccc4C3)n2c1. The second kappa shape index (κ2) is 4.45. The Bertz CT molecular complexity index is 877. The lowest BCUT2D eigenvalue weighted by Gasteiger charge is -2.02. The van der Waals surface area contributed by atoms with Gasteiger partial charge in [0.15, 0.2) is 0 Å². The third-order valence-electron chi connectivity index (χ3n) is 3.86. The Balaban J connectivity index is 1.67. The third kappa shape index (κ3) is 2.09. The predicted octanol–water partition coefficient (Wildman–Crippen LogP) is 3.22. The number of fused-ring (bicyclic) bond motifs is 2. The minimum absolute atomic E-state index is 0.268. The van der Waals surface area contributed by atoms with Crippen LogP contribution < -0.4 is 0 Å². The fourth-order valence-corrected chi connectivity index (χ4v) is 2.81. The number of hydrogen-bond donors (Lipinski definition) is 1. The van der Waals surface area contributed by atoms with Gasteiger partial charge in [-0.1, -0.05) is 12.1 Å². The molecule has 0 saturated heterocycles. The lowest BCUT2D eigenvalue weighted by Crippen LogP contribution is -2.05. The van der Waals surface area contributed by atoms with E-state index in [1.165, 1.54) is 11.1 Å². The van der Waals surface area contributed by atoms with E-state index < -0.39 is 0 Å². The molecular formula is C17H15N3O. The number of benzene rings is 1. The van der Waals surface area contributed by atoms with E-state index in [0.717, 1.165) is 35.6 Å². The second-order valence-corrected chi connectivity index (χ2v) is 5.53. The molecule has 0 amide bonds. The quantitative estimate of drug-likeness (QED) is 0.782. The van der Waals surface area contributed by atoms with Crippen LogP contribution in [0.3, 0.4) is 0 Å². The maximum Gasteiger partial charge on any atom is 0.136 e. The molecule has 104 valence electrons. The first-order valence-corrected chi connectivity index (χ1v) is 7.00. The summed E-state index contributed by atoms with van der Waals surface area (Å²) >= 11 is 0. The van der Waals surface area contributed by atoms with Crippen LogP contribution in [0.5, 0.6) is 5.75 Å². The number of hydrogen-bond acceptors (Lipinski definition) is 3. The van der Waals surface area contributed by atoms with Crippen molar-refractivity contribution in [1.29, 1.82) is 0 Å². The van der Waals surface area contributed by atoms with Gasteiger partial charge in [-0.05, 0) is 30.2 Å². The molecule has 0 aliphatic carbocycles. The van der Waals surface area contributed by atoms with Gasteiger partial charge in [0.25, 0.3) is 0 Å². The molecule has 3 heterocycles. The summed E-state index contributed by atoms with van der Waals surface area (Å²) in [6.45, 7) is 2.08. The van der Waals surface area contributed by atoms with Gasteiger partial charge in [0, 0.05) is 42.7 Å². The summed E-state index contributed by atoms with van der Waals surface area (Å²) in [5.41, 5.74) is 6.49. The van der Waals surface area contributed by atoms with Crippen LogP contribution in [0.25, 0.3) is 5.65 Å². The van der Waals surface area contributed by atoms with E-state index >= 15 is 0 Å². The average molecular weight is 277 g/mol. The van der Waals surface area contributed by atoms with Gasteiger partial charge < -0.3 is 9.51 Å². The Labute approximate surface area is 122 Å². The topological polar surface area (TPSA) is 49.9 Å². The fraction of sp³-hybridized carbons (Fsp3) is 0.176. The predicted molar refractivity (Wildman–Crippen MR) is 82.5 cm³/mol. The summed E-state index contributed by atoms with van der Waals surface area (Å²) in [4.78, 5) is 9.07. The molecule has 0 fully saturated rings. The third-order valence-corrected chi connectivity index (χ3v) is 3.86. The Kier molecular flexibility index (Phi) is 2.57. The van der Waals surface area contributed by atoms with Gasteiger partial charge in [0.05, 0.1) is 5.69 Å². The van der Waals surface area contributed by atoms with Crippen LogP contribution in [0.15, 0.2) is 47.7 Å². The van der Waals surface area contributed by atoms with Crippen molar-refractivity contribution in [2.24, 2.45) is 4.99 Å². The van der Waals surface area contributed by atoms with Crippen LogP contribution in [-0.2, 0) is 12.8 Å². The zero-order valence-electron chi connectivity index (χ0n) is 11.7. The Hall–Kier alpha value is -2.62. The van der Waals surface area contributed by atoms with E-state index in [-0.39, 0.29) is 5.75 Å². The molecule has 4 heteroatoms. The van der Waals surface area contributed by atoms with E-state index in [2.05, 4.69) is 33.6 Å². The van der Waals surface area contributed by atoms with Gasteiger partial charge in [-0.25, -0.2) is 4.98 Å². The molecule has 0 spiro atoms. The summed E-state index contributed by atoms with van der Waals surface area (Å²) in [5.74, 6) is 0.268. The molecular weight excluding hydrogens is 262 g/mol. The van der Waals surface area contributed by atoms with Gasteiger partial charge in [0.2, 0.25) is 0 Å². The minimum Gasteiger partial charge on any atom is -0.508 e. The monoisotopic (exact) mass is 277 g/mol. The van der Waals surface area contributed by atoms with Crippen LogP contribution in [0.4, 0.5) is 5.69 Å². The lowest BCUT2D eigenvalue weighted by molar-refractivity contribution is 0.475. The Morgan fingerprint density at radius 2 is 2.14 bits per heavy atom. The Morgan fingerprint density at radius 3 is 3.05 bits per heavy atom. The summed E-state index contributed by atoms with van der Waals surface area (Å²) in [6, 6.07) is 9.48. The highest BCUT2D eigenvalue weighted by atomic mass is 16.3. The number of phenolic OH excluding ortho intramolecular Hbond substituents is 1. The normalized spacial score (nSPS) is 13.5. The number of rotatable bonds is 2. The van der Waals surface area contributed by atoms with E-state index in [9.17, 15) is 5.11 Å². The number of aromatic nitrogens is 2. The highest BCUT2D eigenvalue weighted by molar-refractivity contribution is 5.95. The van der Waals surface area contributed by atoms with Crippen molar-refractivity contribution in [1.82, 2.24) is 9.38 Å². The standard InChI is InChI=1S/C17H15N3O/c1-11-2-5-17-18-9-14(20(17)10-11)7-13-6-12-3-4-15(21)8-16(12)19-13/h2-5,8-10,21H,6-7H2,1H3. The van der Waals surface area contributed by atoms with Gasteiger partial charge in [0.1, 0.15) is 11.4 Å². The largest absolute Gasteiger partial charge is 0.508 e.